The minimum atomic E-state index is 0.863. The molecule has 0 heterocycles. The summed E-state index contributed by atoms with van der Waals surface area (Å²) in [6.07, 6.45) is 22.0. The van der Waals surface area contributed by atoms with Gasteiger partial charge in [0, 0.05) is 0 Å². The average molecular weight is 219 g/mol. The monoisotopic (exact) mass is 219 g/mol. The average Bonchev–Trinajstić information content (AvgIpc) is 2.31. The van der Waals surface area contributed by atoms with Gasteiger partial charge in [-0.25, -0.2) is 0 Å². The van der Waals surface area contributed by atoms with Crippen LogP contribution in [-0.4, -0.2) is 0 Å². The van der Waals surface area contributed by atoms with Crippen molar-refractivity contribution in [3.8, 4) is 0 Å². The molecular formula is C16H27. The SMILES string of the molecule is [CH]=CCC=CC=CCCCCCCCCC. The number of hydrogen-bond donors (Lipinski definition) is 0. The Labute approximate surface area is 102 Å². The zero-order chi connectivity index (χ0) is 11.9. The van der Waals surface area contributed by atoms with Crippen molar-refractivity contribution in [3.63, 3.8) is 0 Å². The maximum atomic E-state index is 5.26. The Balaban J connectivity index is 3.11. The lowest BCUT2D eigenvalue weighted by atomic mass is 10.1. The van der Waals surface area contributed by atoms with E-state index in [9.17, 15) is 0 Å². The van der Waals surface area contributed by atoms with E-state index >= 15 is 0 Å². The maximum Gasteiger partial charge on any atom is -0.0163 e. The van der Waals surface area contributed by atoms with Gasteiger partial charge >= 0.3 is 0 Å². The number of hydrogen-bond acceptors (Lipinski definition) is 0. The molecule has 16 heavy (non-hydrogen) atoms. The van der Waals surface area contributed by atoms with Gasteiger partial charge in [0.05, 0.1) is 0 Å². The van der Waals surface area contributed by atoms with Gasteiger partial charge in [-0.2, -0.15) is 0 Å². The molecule has 0 aromatic rings. The van der Waals surface area contributed by atoms with Crippen LogP contribution in [0.1, 0.15) is 64.7 Å². The Bertz CT molecular complexity index is 186. The van der Waals surface area contributed by atoms with Crippen LogP contribution in [-0.2, 0) is 0 Å². The molecule has 0 fully saturated rings. The highest BCUT2D eigenvalue weighted by Crippen LogP contribution is 2.08. The highest BCUT2D eigenvalue weighted by molar-refractivity contribution is 5.03. The third-order valence-electron chi connectivity index (χ3n) is 2.63. The van der Waals surface area contributed by atoms with E-state index in [4.69, 9.17) is 6.58 Å². The van der Waals surface area contributed by atoms with Gasteiger partial charge < -0.3 is 0 Å². The Morgan fingerprint density at radius 3 is 2.12 bits per heavy atom. The normalized spacial score (nSPS) is 11.6. The largest absolute Gasteiger partial charge is 0.0845 e. The van der Waals surface area contributed by atoms with Crippen molar-refractivity contribution in [2.24, 2.45) is 0 Å². The van der Waals surface area contributed by atoms with Gasteiger partial charge in [-0.05, 0) is 19.3 Å². The van der Waals surface area contributed by atoms with Crippen molar-refractivity contribution in [3.05, 3.63) is 37.0 Å². The summed E-state index contributed by atoms with van der Waals surface area (Å²) in [7, 11) is 0. The fraction of sp³-hybridized carbons (Fsp3) is 0.625. The van der Waals surface area contributed by atoms with Crippen molar-refractivity contribution >= 4 is 0 Å². The Morgan fingerprint density at radius 1 is 0.812 bits per heavy atom. The minimum absolute atomic E-state index is 0.863. The van der Waals surface area contributed by atoms with Crippen LogP contribution in [0.5, 0.6) is 0 Å². The van der Waals surface area contributed by atoms with Crippen molar-refractivity contribution in [2.75, 3.05) is 0 Å². The molecule has 0 unspecified atom stereocenters. The van der Waals surface area contributed by atoms with Gasteiger partial charge in [-0.15, -0.1) is 0 Å². The van der Waals surface area contributed by atoms with Crippen LogP contribution in [0.2, 0.25) is 0 Å². The molecule has 1 radical (unpaired) electrons. The molecule has 0 bridgehead atoms. The van der Waals surface area contributed by atoms with Crippen molar-refractivity contribution < 1.29 is 0 Å². The molecule has 0 rings (SSSR count). The lowest BCUT2D eigenvalue weighted by Gasteiger charge is -1.98. The van der Waals surface area contributed by atoms with E-state index in [1.807, 2.05) is 0 Å². The van der Waals surface area contributed by atoms with Crippen LogP contribution in [0.4, 0.5) is 0 Å². The van der Waals surface area contributed by atoms with Crippen LogP contribution in [0.15, 0.2) is 30.4 Å². The van der Waals surface area contributed by atoms with E-state index in [0.29, 0.717) is 0 Å². The summed E-state index contributed by atoms with van der Waals surface area (Å²) in [6, 6.07) is 0. The lowest BCUT2D eigenvalue weighted by Crippen LogP contribution is -1.78. The zero-order valence-corrected chi connectivity index (χ0v) is 10.8. The lowest BCUT2D eigenvalue weighted by molar-refractivity contribution is 0.592. The molecule has 0 atom stereocenters. The molecule has 0 aliphatic rings. The summed E-state index contributed by atoms with van der Waals surface area (Å²) in [5, 5.41) is 0. The summed E-state index contributed by atoms with van der Waals surface area (Å²) in [5.74, 6) is 0. The van der Waals surface area contributed by atoms with Gasteiger partial charge in [0.1, 0.15) is 0 Å². The molecule has 0 aromatic heterocycles. The van der Waals surface area contributed by atoms with E-state index < -0.39 is 0 Å². The fourth-order valence-corrected chi connectivity index (χ4v) is 1.63. The Morgan fingerprint density at radius 2 is 1.44 bits per heavy atom. The van der Waals surface area contributed by atoms with E-state index in [2.05, 4.69) is 31.2 Å². The van der Waals surface area contributed by atoms with Crippen LogP contribution in [0.25, 0.3) is 0 Å². The number of unbranched alkanes of at least 4 members (excludes halogenated alkanes) is 7. The van der Waals surface area contributed by atoms with Gasteiger partial charge in [-0.3, -0.25) is 0 Å². The molecule has 0 heteroatoms. The quantitative estimate of drug-likeness (QED) is 0.312. The van der Waals surface area contributed by atoms with Crippen LogP contribution >= 0.6 is 0 Å². The van der Waals surface area contributed by atoms with Crippen molar-refractivity contribution in [1.29, 1.82) is 0 Å². The first-order valence-corrected chi connectivity index (χ1v) is 6.77. The van der Waals surface area contributed by atoms with Crippen molar-refractivity contribution in [2.45, 2.75) is 64.7 Å². The highest BCUT2D eigenvalue weighted by Gasteiger charge is 1.88. The molecule has 0 amide bonds. The van der Waals surface area contributed by atoms with E-state index in [1.165, 1.54) is 51.4 Å². The summed E-state index contributed by atoms with van der Waals surface area (Å²) >= 11 is 0. The van der Waals surface area contributed by atoms with Crippen molar-refractivity contribution in [1.82, 2.24) is 0 Å². The molecule has 0 aliphatic heterocycles. The third-order valence-corrected chi connectivity index (χ3v) is 2.63. The van der Waals surface area contributed by atoms with Crippen LogP contribution < -0.4 is 0 Å². The Kier molecular flexibility index (Phi) is 13.5. The first-order valence-electron chi connectivity index (χ1n) is 6.77. The number of allylic oxidation sites excluding steroid dienone is 5. The summed E-state index contributed by atoms with van der Waals surface area (Å²) < 4.78 is 0. The highest BCUT2D eigenvalue weighted by atomic mass is 13.9. The second kappa shape index (κ2) is 14.2. The number of rotatable bonds is 11. The molecule has 0 aromatic carbocycles. The molecule has 0 N–H and O–H groups in total. The summed E-state index contributed by atoms with van der Waals surface area (Å²) in [6.45, 7) is 7.52. The van der Waals surface area contributed by atoms with E-state index in [-0.39, 0.29) is 0 Å². The van der Waals surface area contributed by atoms with E-state index in [1.54, 1.807) is 6.08 Å². The first kappa shape index (κ1) is 15.2. The molecule has 0 saturated carbocycles. The van der Waals surface area contributed by atoms with Gasteiger partial charge in [0.15, 0.2) is 0 Å². The second-order valence-electron chi connectivity index (χ2n) is 4.24. The predicted molar refractivity (Wildman–Crippen MR) is 74.4 cm³/mol. The molecule has 0 nitrogen and oxygen atoms in total. The van der Waals surface area contributed by atoms with E-state index in [0.717, 1.165) is 6.42 Å². The molecule has 0 spiro atoms. The van der Waals surface area contributed by atoms with Crippen LogP contribution in [0, 0.1) is 6.58 Å². The Hall–Kier alpha value is -0.780. The molecule has 0 saturated heterocycles. The molecule has 91 valence electrons. The van der Waals surface area contributed by atoms with Gasteiger partial charge in [-0.1, -0.05) is 82.4 Å². The maximum absolute atomic E-state index is 5.26. The predicted octanol–water partition coefficient (Wildman–Crippen LogP) is 5.62. The topological polar surface area (TPSA) is 0 Å². The second-order valence-corrected chi connectivity index (χ2v) is 4.24. The van der Waals surface area contributed by atoms with Gasteiger partial charge in [0.2, 0.25) is 0 Å². The third kappa shape index (κ3) is 13.2. The standard InChI is InChI=1S/C16H27/c1-3-5-7-9-11-13-15-16-14-12-10-8-6-4-2/h1,3,7,9,11,13H,4-6,8,10,12,14-16H2,2H3. The minimum Gasteiger partial charge on any atom is -0.0845 e. The smallest absolute Gasteiger partial charge is 0.0163 e. The fourth-order valence-electron chi connectivity index (χ4n) is 1.63. The molecule has 0 aliphatic carbocycles. The molecular weight excluding hydrogens is 192 g/mol. The summed E-state index contributed by atoms with van der Waals surface area (Å²) in [4.78, 5) is 0. The van der Waals surface area contributed by atoms with Crippen LogP contribution in [0.3, 0.4) is 0 Å². The summed E-state index contributed by atoms with van der Waals surface area (Å²) in [5.41, 5.74) is 0. The van der Waals surface area contributed by atoms with Gasteiger partial charge in [0.25, 0.3) is 0 Å². The zero-order valence-electron chi connectivity index (χ0n) is 10.8. The first-order chi connectivity index (χ1) is 7.91.